The van der Waals surface area contributed by atoms with Crippen LogP contribution in [0.25, 0.3) is 0 Å². The minimum Gasteiger partial charge on any atom is -0.494 e. The number of hydrogen-bond donors (Lipinski definition) is 2. The molecule has 0 radical (unpaired) electrons. The summed E-state index contributed by atoms with van der Waals surface area (Å²) in [5.74, 6) is 2.22. The number of hydrogen-bond acceptors (Lipinski definition) is 5. The zero-order valence-electron chi connectivity index (χ0n) is 16.0. The van der Waals surface area contributed by atoms with Gasteiger partial charge >= 0.3 is 0 Å². The predicted octanol–water partition coefficient (Wildman–Crippen LogP) is 2.24. The fourth-order valence-electron chi connectivity index (χ4n) is 2.30. The molecule has 0 unspecified atom stereocenters. The second kappa shape index (κ2) is 12.5. The van der Waals surface area contributed by atoms with Crippen LogP contribution in [0.4, 0.5) is 0 Å². The lowest BCUT2D eigenvalue weighted by Crippen LogP contribution is -2.37. The number of aliphatic imine (C=N–C) groups is 1. The summed E-state index contributed by atoms with van der Waals surface area (Å²) in [4.78, 5) is 8.51. The molecule has 0 spiro atoms. The third-order valence-corrected chi connectivity index (χ3v) is 3.67. The molecular weight excluding hydrogens is 344 g/mol. The quantitative estimate of drug-likeness (QED) is 0.358. The molecule has 1 aromatic heterocycles. The Labute approximate surface area is 160 Å². The first-order chi connectivity index (χ1) is 13.3. The molecule has 0 amide bonds. The number of ether oxygens (including phenoxy) is 3. The van der Waals surface area contributed by atoms with Crippen LogP contribution in [0.1, 0.15) is 12.0 Å². The van der Waals surface area contributed by atoms with E-state index in [1.165, 1.54) is 0 Å². The zero-order valence-corrected chi connectivity index (χ0v) is 16.0. The molecule has 0 saturated carbocycles. The Morgan fingerprint density at radius 1 is 1.00 bits per heavy atom. The van der Waals surface area contributed by atoms with Gasteiger partial charge in [-0.2, -0.15) is 0 Å². The first-order valence-electron chi connectivity index (χ1n) is 9.01. The molecule has 2 aromatic rings. The van der Waals surface area contributed by atoms with Gasteiger partial charge in [0.2, 0.25) is 5.88 Å². The van der Waals surface area contributed by atoms with Crippen LogP contribution in [-0.2, 0) is 11.3 Å². The van der Waals surface area contributed by atoms with Gasteiger partial charge in [-0.1, -0.05) is 24.3 Å². The van der Waals surface area contributed by atoms with Crippen LogP contribution in [0, 0.1) is 0 Å². The topological polar surface area (TPSA) is 77.0 Å². The molecule has 0 fully saturated rings. The first-order valence-corrected chi connectivity index (χ1v) is 9.01. The van der Waals surface area contributed by atoms with E-state index in [0.29, 0.717) is 32.2 Å². The molecule has 0 saturated heterocycles. The van der Waals surface area contributed by atoms with Crippen LogP contribution in [0.2, 0.25) is 0 Å². The second-order valence-electron chi connectivity index (χ2n) is 5.68. The summed E-state index contributed by atoms with van der Waals surface area (Å²) < 4.78 is 16.3. The molecule has 1 heterocycles. The van der Waals surface area contributed by atoms with Crippen molar-refractivity contribution in [1.82, 2.24) is 15.6 Å². The van der Waals surface area contributed by atoms with E-state index in [4.69, 9.17) is 14.2 Å². The molecule has 0 bridgehead atoms. The molecule has 0 aliphatic rings. The molecule has 146 valence electrons. The van der Waals surface area contributed by atoms with E-state index in [1.54, 1.807) is 20.4 Å². The normalized spacial score (nSPS) is 11.1. The van der Waals surface area contributed by atoms with Crippen LogP contribution < -0.4 is 20.1 Å². The number of para-hydroxylation sites is 1. The minimum absolute atomic E-state index is 0.467. The van der Waals surface area contributed by atoms with Gasteiger partial charge in [0.15, 0.2) is 5.96 Å². The van der Waals surface area contributed by atoms with Crippen molar-refractivity contribution in [2.45, 2.75) is 13.0 Å². The van der Waals surface area contributed by atoms with E-state index < -0.39 is 0 Å². The monoisotopic (exact) mass is 372 g/mol. The average Bonchev–Trinajstić information content (AvgIpc) is 2.72. The number of pyridine rings is 1. The summed E-state index contributed by atoms with van der Waals surface area (Å²) in [6.07, 6.45) is 2.58. The summed E-state index contributed by atoms with van der Waals surface area (Å²) >= 11 is 0. The fourth-order valence-corrected chi connectivity index (χ4v) is 2.30. The van der Waals surface area contributed by atoms with Gasteiger partial charge in [0.1, 0.15) is 12.4 Å². The summed E-state index contributed by atoms with van der Waals surface area (Å²) in [5.41, 5.74) is 0.962. The van der Waals surface area contributed by atoms with E-state index in [0.717, 1.165) is 30.2 Å². The molecule has 1 aromatic carbocycles. The summed E-state index contributed by atoms with van der Waals surface area (Å²) in [7, 11) is 3.39. The third-order valence-electron chi connectivity index (χ3n) is 3.67. The van der Waals surface area contributed by atoms with Crippen LogP contribution in [0.5, 0.6) is 11.6 Å². The lowest BCUT2D eigenvalue weighted by Gasteiger charge is -2.14. The van der Waals surface area contributed by atoms with Gasteiger partial charge in [0.05, 0.1) is 13.2 Å². The molecular formula is C20H28N4O3. The molecule has 2 rings (SSSR count). The lowest BCUT2D eigenvalue weighted by molar-refractivity contribution is 0.143. The van der Waals surface area contributed by atoms with Crippen molar-refractivity contribution in [3.63, 3.8) is 0 Å². The van der Waals surface area contributed by atoms with Gasteiger partial charge in [0, 0.05) is 39.0 Å². The molecule has 2 N–H and O–H groups in total. The van der Waals surface area contributed by atoms with Gasteiger partial charge in [-0.3, -0.25) is 4.99 Å². The average molecular weight is 372 g/mol. The van der Waals surface area contributed by atoms with Crippen molar-refractivity contribution in [2.75, 3.05) is 40.5 Å². The highest BCUT2D eigenvalue weighted by Gasteiger charge is 2.06. The standard InChI is InChI=1S/C20H28N4O3/c1-21-20(23-12-7-13-26-18-9-4-3-5-10-18)24-16-17-8-6-11-22-19(17)27-15-14-25-2/h3-6,8-11H,7,12-16H2,1-2H3,(H2,21,23,24). The summed E-state index contributed by atoms with van der Waals surface area (Å²) in [6.45, 7) is 2.97. The SMILES string of the molecule is CN=C(NCCCOc1ccccc1)NCc1cccnc1OCCOC. The van der Waals surface area contributed by atoms with Crippen molar-refractivity contribution in [2.24, 2.45) is 4.99 Å². The van der Waals surface area contributed by atoms with Crippen LogP contribution in [0.15, 0.2) is 53.7 Å². The molecule has 0 aliphatic carbocycles. The van der Waals surface area contributed by atoms with Gasteiger partial charge < -0.3 is 24.8 Å². The highest BCUT2D eigenvalue weighted by molar-refractivity contribution is 5.79. The molecule has 0 aliphatic heterocycles. The Morgan fingerprint density at radius 3 is 2.63 bits per heavy atom. The number of aromatic nitrogens is 1. The van der Waals surface area contributed by atoms with Crippen molar-refractivity contribution in [3.8, 4) is 11.6 Å². The first kappa shape index (κ1) is 20.5. The van der Waals surface area contributed by atoms with Crippen LogP contribution in [-0.4, -0.2) is 51.5 Å². The van der Waals surface area contributed by atoms with Gasteiger partial charge in [-0.25, -0.2) is 4.98 Å². The highest BCUT2D eigenvalue weighted by atomic mass is 16.5. The number of benzene rings is 1. The zero-order chi connectivity index (χ0) is 19.2. The van der Waals surface area contributed by atoms with Gasteiger partial charge in [-0.15, -0.1) is 0 Å². The van der Waals surface area contributed by atoms with Crippen molar-refractivity contribution < 1.29 is 14.2 Å². The van der Waals surface area contributed by atoms with E-state index in [-0.39, 0.29) is 0 Å². The Bertz CT molecular complexity index is 680. The Kier molecular flexibility index (Phi) is 9.52. The Balaban J connectivity index is 1.69. The van der Waals surface area contributed by atoms with Gasteiger partial charge in [0.25, 0.3) is 0 Å². The van der Waals surface area contributed by atoms with Crippen molar-refractivity contribution >= 4 is 5.96 Å². The number of nitrogens with zero attached hydrogens (tertiary/aromatic N) is 2. The maximum Gasteiger partial charge on any atom is 0.218 e. The molecule has 7 nitrogen and oxygen atoms in total. The number of nitrogens with one attached hydrogen (secondary N) is 2. The predicted molar refractivity (Wildman–Crippen MR) is 106 cm³/mol. The molecule has 27 heavy (non-hydrogen) atoms. The Morgan fingerprint density at radius 2 is 1.85 bits per heavy atom. The maximum atomic E-state index is 5.68. The largest absolute Gasteiger partial charge is 0.494 e. The van der Waals surface area contributed by atoms with Crippen molar-refractivity contribution in [3.05, 3.63) is 54.2 Å². The van der Waals surface area contributed by atoms with E-state index in [9.17, 15) is 0 Å². The Hall–Kier alpha value is -2.80. The number of rotatable bonds is 11. The molecule has 0 atom stereocenters. The van der Waals surface area contributed by atoms with Crippen LogP contribution >= 0.6 is 0 Å². The third kappa shape index (κ3) is 7.96. The molecule has 7 heteroatoms. The highest BCUT2D eigenvalue weighted by Crippen LogP contribution is 2.13. The maximum absolute atomic E-state index is 5.68. The summed E-state index contributed by atoms with van der Waals surface area (Å²) in [6, 6.07) is 13.7. The lowest BCUT2D eigenvalue weighted by atomic mass is 10.2. The van der Waals surface area contributed by atoms with Gasteiger partial charge in [-0.05, 0) is 24.6 Å². The minimum atomic E-state index is 0.467. The number of methoxy groups -OCH3 is 1. The van der Waals surface area contributed by atoms with Crippen LogP contribution in [0.3, 0.4) is 0 Å². The van der Waals surface area contributed by atoms with E-state index >= 15 is 0 Å². The van der Waals surface area contributed by atoms with Crippen molar-refractivity contribution in [1.29, 1.82) is 0 Å². The number of guanidine groups is 1. The van der Waals surface area contributed by atoms with E-state index in [2.05, 4.69) is 20.6 Å². The smallest absolute Gasteiger partial charge is 0.218 e. The fraction of sp³-hybridized carbons (Fsp3) is 0.400. The summed E-state index contributed by atoms with van der Waals surface area (Å²) in [5, 5.41) is 6.55. The second-order valence-corrected chi connectivity index (χ2v) is 5.68. The van der Waals surface area contributed by atoms with E-state index in [1.807, 2.05) is 42.5 Å².